The van der Waals surface area contributed by atoms with Gasteiger partial charge in [-0.05, 0) is 37.0 Å². The van der Waals surface area contributed by atoms with Gasteiger partial charge in [-0.1, -0.05) is 43.6 Å². The number of hydrogen-bond donors (Lipinski definition) is 2. The molecule has 2 aliphatic rings. The molecule has 1 saturated carbocycles. The Hall–Kier alpha value is -0.810. The Labute approximate surface area is 124 Å². The van der Waals surface area contributed by atoms with E-state index < -0.39 is 12.4 Å². The second-order valence-corrected chi connectivity index (χ2v) is 6.40. The highest BCUT2D eigenvalue weighted by Crippen LogP contribution is 2.36. The van der Waals surface area contributed by atoms with E-state index in [4.69, 9.17) is 5.11 Å². The molecule has 2 rings (SSSR count). The number of rotatable bonds is 4. The first kappa shape index (κ1) is 16.6. The van der Waals surface area contributed by atoms with Crippen LogP contribution in [0.3, 0.4) is 0 Å². The van der Waals surface area contributed by atoms with E-state index >= 15 is 0 Å². The van der Waals surface area contributed by atoms with Crippen molar-refractivity contribution in [2.45, 2.75) is 51.4 Å². The van der Waals surface area contributed by atoms with Crippen LogP contribution in [0.1, 0.15) is 39.0 Å². The first-order chi connectivity index (χ1) is 9.86. The van der Waals surface area contributed by atoms with E-state index in [1.165, 1.54) is 31.3 Å². The molecular weight excluding hydrogens is 279 g/mol. The fourth-order valence-corrected chi connectivity index (χ4v) is 3.23. The topological polar surface area (TPSA) is 32.3 Å². The number of halogens is 3. The molecule has 21 heavy (non-hydrogen) atoms. The summed E-state index contributed by atoms with van der Waals surface area (Å²) >= 11 is 0. The Morgan fingerprint density at radius 2 is 1.95 bits per heavy atom. The second kappa shape index (κ2) is 6.97. The van der Waals surface area contributed by atoms with Crippen molar-refractivity contribution in [1.29, 1.82) is 0 Å². The maximum Gasteiger partial charge on any atom is 0.427 e. The smallest absolute Gasteiger partial charge is 0.370 e. The third kappa shape index (κ3) is 4.85. The molecule has 5 heteroatoms. The molecule has 2 unspecified atom stereocenters. The summed E-state index contributed by atoms with van der Waals surface area (Å²) < 4.78 is 36.8. The molecule has 0 spiro atoms. The van der Waals surface area contributed by atoms with Crippen molar-refractivity contribution in [3.05, 3.63) is 23.8 Å². The summed E-state index contributed by atoms with van der Waals surface area (Å²) in [7, 11) is 0. The summed E-state index contributed by atoms with van der Waals surface area (Å²) in [6.45, 7) is 2.42. The summed E-state index contributed by atoms with van der Waals surface area (Å²) in [6.07, 6.45) is 4.60. The Bertz CT molecular complexity index is 395. The van der Waals surface area contributed by atoms with Crippen molar-refractivity contribution < 1.29 is 18.3 Å². The van der Waals surface area contributed by atoms with Crippen LogP contribution in [0.15, 0.2) is 23.8 Å². The fraction of sp³-hybridized carbons (Fsp3) is 0.750. The van der Waals surface area contributed by atoms with Gasteiger partial charge in [0.05, 0.1) is 0 Å². The van der Waals surface area contributed by atoms with Crippen molar-refractivity contribution in [3.8, 4) is 0 Å². The summed E-state index contributed by atoms with van der Waals surface area (Å²) in [4.78, 5) is 0. The van der Waals surface area contributed by atoms with Crippen LogP contribution in [-0.4, -0.2) is 24.1 Å². The zero-order valence-electron chi connectivity index (χ0n) is 12.4. The van der Waals surface area contributed by atoms with Gasteiger partial charge in [-0.3, -0.25) is 5.32 Å². The number of hydrogen-bond acceptors (Lipinski definition) is 2. The highest BCUT2D eigenvalue weighted by Gasteiger charge is 2.38. The van der Waals surface area contributed by atoms with E-state index in [9.17, 15) is 13.2 Å². The van der Waals surface area contributed by atoms with E-state index in [0.29, 0.717) is 5.92 Å². The molecule has 1 fully saturated rings. The van der Waals surface area contributed by atoms with Crippen molar-refractivity contribution >= 4 is 0 Å². The average Bonchev–Trinajstić information content (AvgIpc) is 2.45. The van der Waals surface area contributed by atoms with Gasteiger partial charge in [0.25, 0.3) is 0 Å². The molecule has 0 bridgehead atoms. The minimum absolute atomic E-state index is 0.0290. The minimum Gasteiger partial charge on any atom is -0.370 e. The van der Waals surface area contributed by atoms with Crippen LogP contribution in [-0.2, 0) is 0 Å². The molecule has 0 aromatic heterocycles. The standard InChI is InChI=1S/C16H24F3NO/c1-11-5-7-13(8-6-11)14-4-2-3-12(9-14)10-20-15(21)16(17,18)19/h2-4,11-13,15,20-21H,5-10H2,1H3. The largest absolute Gasteiger partial charge is 0.427 e. The summed E-state index contributed by atoms with van der Waals surface area (Å²) in [5.74, 6) is 1.41. The van der Waals surface area contributed by atoms with Crippen LogP contribution < -0.4 is 5.32 Å². The maximum atomic E-state index is 12.3. The number of aliphatic hydroxyl groups excluding tert-OH is 1. The van der Waals surface area contributed by atoms with Gasteiger partial charge in [0.1, 0.15) is 0 Å². The normalized spacial score (nSPS) is 31.9. The number of aliphatic hydroxyl groups is 1. The Morgan fingerprint density at radius 3 is 2.57 bits per heavy atom. The SMILES string of the molecule is CC1CCC(C2=CC=CC(CNC(O)C(F)(F)F)C2)CC1. The number of alkyl halides is 3. The molecule has 0 radical (unpaired) electrons. The zero-order valence-corrected chi connectivity index (χ0v) is 12.4. The van der Waals surface area contributed by atoms with E-state index in [2.05, 4.69) is 18.3 Å². The van der Waals surface area contributed by atoms with E-state index in [1.54, 1.807) is 0 Å². The fourth-order valence-electron chi connectivity index (χ4n) is 3.23. The van der Waals surface area contributed by atoms with Gasteiger partial charge in [0.2, 0.25) is 6.23 Å². The van der Waals surface area contributed by atoms with Gasteiger partial charge in [0.15, 0.2) is 0 Å². The lowest BCUT2D eigenvalue weighted by Gasteiger charge is -2.31. The van der Waals surface area contributed by atoms with Gasteiger partial charge in [-0.15, -0.1) is 0 Å². The molecule has 2 aliphatic carbocycles. The minimum atomic E-state index is -4.60. The predicted molar refractivity (Wildman–Crippen MR) is 76.5 cm³/mol. The van der Waals surface area contributed by atoms with Crippen LogP contribution in [0.25, 0.3) is 0 Å². The molecular formula is C16H24F3NO. The zero-order chi connectivity index (χ0) is 15.5. The predicted octanol–water partition coefficient (Wildman–Crippen LogP) is 3.79. The van der Waals surface area contributed by atoms with Gasteiger partial charge in [0, 0.05) is 6.54 Å². The first-order valence-electron chi connectivity index (χ1n) is 7.71. The molecule has 0 amide bonds. The second-order valence-electron chi connectivity index (χ2n) is 6.40. The van der Waals surface area contributed by atoms with E-state index in [1.807, 2.05) is 12.2 Å². The summed E-state index contributed by atoms with van der Waals surface area (Å²) in [5, 5.41) is 11.2. The number of nitrogens with one attached hydrogen (secondary N) is 1. The van der Waals surface area contributed by atoms with Crippen LogP contribution in [0.2, 0.25) is 0 Å². The van der Waals surface area contributed by atoms with Gasteiger partial charge in [-0.2, -0.15) is 13.2 Å². The lowest BCUT2D eigenvalue weighted by atomic mass is 9.75. The molecule has 2 atom stereocenters. The van der Waals surface area contributed by atoms with Crippen LogP contribution in [0.4, 0.5) is 13.2 Å². The Kier molecular flexibility index (Phi) is 5.49. The summed E-state index contributed by atoms with van der Waals surface area (Å²) in [5.41, 5.74) is 1.36. The maximum absolute atomic E-state index is 12.3. The molecule has 2 N–H and O–H groups in total. The molecule has 120 valence electrons. The van der Waals surface area contributed by atoms with E-state index in [0.717, 1.165) is 12.3 Å². The third-order valence-electron chi connectivity index (χ3n) is 4.62. The molecule has 0 aromatic carbocycles. The van der Waals surface area contributed by atoms with Crippen molar-refractivity contribution in [2.75, 3.05) is 6.54 Å². The summed E-state index contributed by atoms with van der Waals surface area (Å²) in [6, 6.07) is 0. The molecule has 0 saturated heterocycles. The van der Waals surface area contributed by atoms with Crippen molar-refractivity contribution in [2.24, 2.45) is 17.8 Å². The van der Waals surface area contributed by atoms with Crippen LogP contribution >= 0.6 is 0 Å². The molecule has 0 heterocycles. The lowest BCUT2D eigenvalue weighted by molar-refractivity contribution is -0.213. The Morgan fingerprint density at radius 1 is 1.29 bits per heavy atom. The highest BCUT2D eigenvalue weighted by molar-refractivity contribution is 5.22. The first-order valence-corrected chi connectivity index (χ1v) is 7.71. The van der Waals surface area contributed by atoms with Crippen LogP contribution in [0.5, 0.6) is 0 Å². The van der Waals surface area contributed by atoms with Gasteiger partial charge < -0.3 is 5.11 Å². The van der Waals surface area contributed by atoms with Gasteiger partial charge in [-0.25, -0.2) is 0 Å². The Balaban J connectivity index is 1.81. The quantitative estimate of drug-likeness (QED) is 0.775. The molecule has 0 aromatic rings. The average molecular weight is 303 g/mol. The molecule has 0 aliphatic heterocycles. The van der Waals surface area contributed by atoms with Crippen molar-refractivity contribution in [1.82, 2.24) is 5.32 Å². The highest BCUT2D eigenvalue weighted by atomic mass is 19.4. The lowest BCUT2D eigenvalue weighted by Crippen LogP contribution is -2.44. The van der Waals surface area contributed by atoms with Crippen LogP contribution in [0, 0.1) is 17.8 Å². The van der Waals surface area contributed by atoms with Gasteiger partial charge >= 0.3 is 6.18 Å². The molecule has 2 nitrogen and oxygen atoms in total. The number of allylic oxidation sites excluding steroid dienone is 3. The van der Waals surface area contributed by atoms with E-state index in [-0.39, 0.29) is 12.5 Å². The monoisotopic (exact) mass is 303 g/mol. The van der Waals surface area contributed by atoms with Crippen molar-refractivity contribution in [3.63, 3.8) is 0 Å². The third-order valence-corrected chi connectivity index (χ3v) is 4.62.